The van der Waals surface area contributed by atoms with Crippen molar-refractivity contribution >= 4 is 12.0 Å². The van der Waals surface area contributed by atoms with Gasteiger partial charge >= 0.3 is 5.97 Å². The molecule has 128 valence electrons. The van der Waals surface area contributed by atoms with Crippen molar-refractivity contribution in [1.29, 1.82) is 0 Å². The molecule has 1 aromatic rings. The zero-order valence-electron chi connectivity index (χ0n) is 14.2. The van der Waals surface area contributed by atoms with Gasteiger partial charge in [0.25, 0.3) is 0 Å². The third-order valence-corrected chi connectivity index (χ3v) is 6.61. The topological polar surface area (TPSA) is 46.5 Å². The van der Waals surface area contributed by atoms with Gasteiger partial charge in [0, 0.05) is 0 Å². The van der Waals surface area contributed by atoms with E-state index in [0.717, 1.165) is 23.1 Å². The predicted octanol–water partition coefficient (Wildman–Crippen LogP) is 4.48. The lowest BCUT2D eigenvalue weighted by Crippen LogP contribution is -2.48. The van der Waals surface area contributed by atoms with E-state index >= 15 is 0 Å². The molecule has 4 fully saturated rings. The van der Waals surface area contributed by atoms with Crippen molar-refractivity contribution in [2.45, 2.75) is 32.1 Å². The molecule has 4 saturated carbocycles. The lowest BCUT2D eigenvalue weighted by atomic mass is 9.49. The van der Waals surface area contributed by atoms with E-state index in [0.29, 0.717) is 17.8 Å². The van der Waals surface area contributed by atoms with Crippen molar-refractivity contribution in [1.82, 2.24) is 0 Å². The number of methoxy groups -OCH3 is 1. The second kappa shape index (κ2) is 6.27. The molecular formula is C21H26O3. The van der Waals surface area contributed by atoms with Crippen LogP contribution < -0.4 is 4.74 Å². The fourth-order valence-electron chi connectivity index (χ4n) is 5.86. The van der Waals surface area contributed by atoms with E-state index in [4.69, 9.17) is 4.74 Å². The average Bonchev–Trinajstić information content (AvgIpc) is 2.56. The molecule has 4 aliphatic carbocycles. The van der Waals surface area contributed by atoms with Gasteiger partial charge in [-0.25, -0.2) is 0 Å². The fourth-order valence-corrected chi connectivity index (χ4v) is 5.86. The Kier molecular flexibility index (Phi) is 4.11. The van der Waals surface area contributed by atoms with Crippen LogP contribution in [0.4, 0.5) is 0 Å². The summed E-state index contributed by atoms with van der Waals surface area (Å²) in [5, 5.41) is 9.85. The van der Waals surface area contributed by atoms with Crippen LogP contribution in [0.25, 0.3) is 6.08 Å². The Bertz CT molecular complexity index is 603. The Morgan fingerprint density at radius 3 is 2.17 bits per heavy atom. The quantitative estimate of drug-likeness (QED) is 0.867. The first-order valence-corrected chi connectivity index (χ1v) is 9.19. The van der Waals surface area contributed by atoms with Crippen LogP contribution in [-0.4, -0.2) is 18.2 Å². The van der Waals surface area contributed by atoms with Gasteiger partial charge in [-0.3, -0.25) is 4.79 Å². The molecule has 0 aliphatic heterocycles. The van der Waals surface area contributed by atoms with Gasteiger partial charge in [0.1, 0.15) is 5.75 Å². The largest absolute Gasteiger partial charge is 0.497 e. The van der Waals surface area contributed by atoms with Crippen LogP contribution in [0.15, 0.2) is 30.3 Å². The molecule has 0 heterocycles. The first kappa shape index (κ1) is 15.7. The number of hydrogen-bond acceptors (Lipinski definition) is 2. The highest BCUT2D eigenvalue weighted by Gasteiger charge is 2.51. The van der Waals surface area contributed by atoms with Crippen LogP contribution in [0.1, 0.15) is 37.7 Å². The standard InChI is InChI=1S/C21H26O3/c1-24-18-5-2-13(3-6-18)4-7-19(21(22)23)20-16-9-14-8-15(11-16)12-17(20)10-14/h2-7,14-17,19-20H,8-12H2,1H3,(H,22,23). The highest BCUT2D eigenvalue weighted by atomic mass is 16.5. The van der Waals surface area contributed by atoms with E-state index in [1.165, 1.54) is 32.1 Å². The van der Waals surface area contributed by atoms with E-state index in [1.807, 2.05) is 36.4 Å². The number of carbonyl (C=O) groups is 1. The molecule has 1 unspecified atom stereocenters. The molecule has 0 aromatic heterocycles. The van der Waals surface area contributed by atoms with Crippen molar-refractivity contribution < 1.29 is 14.6 Å². The summed E-state index contributed by atoms with van der Waals surface area (Å²) in [4.78, 5) is 12.0. The summed E-state index contributed by atoms with van der Waals surface area (Å²) >= 11 is 0. The number of rotatable bonds is 5. The van der Waals surface area contributed by atoms with Crippen molar-refractivity contribution in [3.05, 3.63) is 35.9 Å². The minimum atomic E-state index is -0.655. The Morgan fingerprint density at radius 1 is 1.08 bits per heavy atom. The van der Waals surface area contributed by atoms with E-state index in [1.54, 1.807) is 7.11 Å². The number of ether oxygens (including phenoxy) is 1. The highest BCUT2D eigenvalue weighted by Crippen LogP contribution is 2.58. The van der Waals surface area contributed by atoms with E-state index < -0.39 is 5.97 Å². The Balaban J connectivity index is 1.54. The number of carboxylic acid groups (broad SMARTS) is 1. The van der Waals surface area contributed by atoms with Crippen LogP contribution in [0.3, 0.4) is 0 Å². The SMILES string of the molecule is COc1ccc(C=CC(C(=O)O)C2C3CC4CC(C3)CC2C4)cc1. The maximum atomic E-state index is 12.0. The zero-order valence-corrected chi connectivity index (χ0v) is 14.2. The molecule has 1 aromatic carbocycles. The van der Waals surface area contributed by atoms with E-state index in [9.17, 15) is 9.90 Å². The van der Waals surface area contributed by atoms with Crippen LogP contribution in [0.5, 0.6) is 5.75 Å². The summed E-state index contributed by atoms with van der Waals surface area (Å²) in [5.74, 6) is 3.17. The van der Waals surface area contributed by atoms with E-state index in [2.05, 4.69) is 0 Å². The van der Waals surface area contributed by atoms with Crippen molar-refractivity contribution in [2.24, 2.45) is 35.5 Å². The first-order valence-electron chi connectivity index (χ1n) is 9.19. The Hall–Kier alpha value is -1.77. The van der Waals surface area contributed by atoms with Gasteiger partial charge in [-0.05, 0) is 79.4 Å². The molecule has 3 heteroatoms. The molecule has 24 heavy (non-hydrogen) atoms. The second-order valence-corrected chi connectivity index (χ2v) is 8.00. The lowest BCUT2D eigenvalue weighted by molar-refractivity contribution is -0.148. The minimum Gasteiger partial charge on any atom is -0.497 e. The fraction of sp³-hybridized carbons (Fsp3) is 0.571. The number of benzene rings is 1. The lowest BCUT2D eigenvalue weighted by Gasteiger charge is -2.55. The van der Waals surface area contributed by atoms with Gasteiger partial charge in [0.15, 0.2) is 0 Å². The molecule has 3 nitrogen and oxygen atoms in total. The molecule has 1 atom stereocenters. The van der Waals surface area contributed by atoms with Crippen LogP contribution in [0.2, 0.25) is 0 Å². The zero-order chi connectivity index (χ0) is 16.7. The van der Waals surface area contributed by atoms with Gasteiger partial charge in [-0.2, -0.15) is 0 Å². The Labute approximate surface area is 143 Å². The summed E-state index contributed by atoms with van der Waals surface area (Å²) in [5.41, 5.74) is 1.03. The molecule has 0 amide bonds. The van der Waals surface area contributed by atoms with Gasteiger partial charge < -0.3 is 9.84 Å². The summed E-state index contributed by atoms with van der Waals surface area (Å²) in [6, 6.07) is 7.78. The smallest absolute Gasteiger partial charge is 0.310 e. The summed E-state index contributed by atoms with van der Waals surface area (Å²) in [7, 11) is 1.65. The monoisotopic (exact) mass is 326 g/mol. The molecule has 5 rings (SSSR count). The van der Waals surface area contributed by atoms with Gasteiger partial charge in [-0.1, -0.05) is 24.3 Å². The van der Waals surface area contributed by atoms with Crippen molar-refractivity contribution in [3.63, 3.8) is 0 Å². The van der Waals surface area contributed by atoms with Crippen molar-refractivity contribution in [2.75, 3.05) is 7.11 Å². The maximum absolute atomic E-state index is 12.0. The van der Waals surface area contributed by atoms with Crippen LogP contribution in [-0.2, 0) is 4.79 Å². The van der Waals surface area contributed by atoms with E-state index in [-0.39, 0.29) is 5.92 Å². The third kappa shape index (κ3) is 2.85. The van der Waals surface area contributed by atoms with Gasteiger partial charge in [0.05, 0.1) is 13.0 Å². The first-order chi connectivity index (χ1) is 11.6. The van der Waals surface area contributed by atoms with Crippen LogP contribution >= 0.6 is 0 Å². The maximum Gasteiger partial charge on any atom is 0.310 e. The molecule has 0 spiro atoms. The predicted molar refractivity (Wildman–Crippen MR) is 93.7 cm³/mol. The average molecular weight is 326 g/mol. The number of aliphatic carboxylic acids is 1. The molecule has 4 bridgehead atoms. The van der Waals surface area contributed by atoms with Crippen molar-refractivity contribution in [3.8, 4) is 5.75 Å². The Morgan fingerprint density at radius 2 is 1.67 bits per heavy atom. The van der Waals surface area contributed by atoms with Crippen LogP contribution in [0, 0.1) is 35.5 Å². The summed E-state index contributed by atoms with van der Waals surface area (Å²) in [6.45, 7) is 0. The van der Waals surface area contributed by atoms with Gasteiger partial charge in [0.2, 0.25) is 0 Å². The number of carboxylic acids is 1. The third-order valence-electron chi connectivity index (χ3n) is 6.61. The number of hydrogen-bond donors (Lipinski definition) is 1. The summed E-state index contributed by atoms with van der Waals surface area (Å²) in [6.07, 6.45) is 10.4. The van der Waals surface area contributed by atoms with Gasteiger partial charge in [-0.15, -0.1) is 0 Å². The molecule has 4 aliphatic rings. The molecular weight excluding hydrogens is 300 g/mol. The second-order valence-electron chi connectivity index (χ2n) is 8.00. The summed E-state index contributed by atoms with van der Waals surface area (Å²) < 4.78 is 5.17. The highest BCUT2D eigenvalue weighted by molar-refractivity contribution is 5.74. The normalized spacial score (nSPS) is 35.3. The minimum absolute atomic E-state index is 0.338. The molecule has 0 radical (unpaired) electrons. The molecule has 1 N–H and O–H groups in total. The molecule has 0 saturated heterocycles.